The maximum absolute atomic E-state index is 12.5. The van der Waals surface area contributed by atoms with E-state index in [4.69, 9.17) is 9.72 Å². The third-order valence-corrected chi connectivity index (χ3v) is 4.92. The standard InChI is InChI=1S/C18H23N3O2/c22-17(19-13-6-1-2-7-13)12-21-15-9-4-3-8-14(15)20-18(21)16-10-5-11-23-16/h3-4,8-9,13,16H,1-2,5-7,10-12H2,(H,19,22). The summed E-state index contributed by atoms with van der Waals surface area (Å²) in [6, 6.07) is 8.36. The van der Waals surface area contributed by atoms with Crippen LogP contribution in [0.25, 0.3) is 11.0 Å². The number of hydrogen-bond donors (Lipinski definition) is 1. The van der Waals surface area contributed by atoms with E-state index in [0.717, 1.165) is 49.1 Å². The zero-order valence-corrected chi connectivity index (χ0v) is 13.3. The molecule has 1 amide bonds. The van der Waals surface area contributed by atoms with Crippen molar-refractivity contribution in [2.24, 2.45) is 0 Å². The first kappa shape index (κ1) is 14.7. The maximum atomic E-state index is 12.5. The summed E-state index contributed by atoms with van der Waals surface area (Å²) in [6.07, 6.45) is 6.71. The Kier molecular flexibility index (Phi) is 4.04. The van der Waals surface area contributed by atoms with Gasteiger partial charge in [-0.05, 0) is 37.8 Å². The van der Waals surface area contributed by atoms with Crippen LogP contribution in [0.5, 0.6) is 0 Å². The molecule has 0 radical (unpaired) electrons. The predicted octanol–water partition coefficient (Wildman–Crippen LogP) is 2.95. The molecule has 1 aliphatic heterocycles. The van der Waals surface area contributed by atoms with Crippen LogP contribution >= 0.6 is 0 Å². The molecule has 2 aliphatic rings. The molecule has 1 N–H and O–H groups in total. The number of imidazole rings is 1. The average molecular weight is 313 g/mol. The second-order valence-corrected chi connectivity index (χ2v) is 6.60. The van der Waals surface area contributed by atoms with E-state index in [0.29, 0.717) is 12.6 Å². The van der Waals surface area contributed by atoms with Gasteiger partial charge in [-0.25, -0.2) is 4.98 Å². The number of amides is 1. The molecule has 0 spiro atoms. The Morgan fingerprint density at radius 1 is 1.22 bits per heavy atom. The number of ether oxygens (including phenoxy) is 1. The number of para-hydroxylation sites is 2. The first-order chi connectivity index (χ1) is 11.3. The van der Waals surface area contributed by atoms with E-state index >= 15 is 0 Å². The summed E-state index contributed by atoms with van der Waals surface area (Å²) in [6.45, 7) is 1.11. The number of nitrogens with zero attached hydrogens (tertiary/aromatic N) is 2. The first-order valence-electron chi connectivity index (χ1n) is 8.67. The summed E-state index contributed by atoms with van der Waals surface area (Å²) >= 11 is 0. The smallest absolute Gasteiger partial charge is 0.240 e. The molecular formula is C18H23N3O2. The van der Waals surface area contributed by atoms with Crippen LogP contribution in [0.15, 0.2) is 24.3 Å². The zero-order valence-electron chi connectivity index (χ0n) is 13.3. The summed E-state index contributed by atoms with van der Waals surface area (Å²) in [5.41, 5.74) is 1.95. The van der Waals surface area contributed by atoms with Crippen LogP contribution in [-0.2, 0) is 16.1 Å². The van der Waals surface area contributed by atoms with Crippen LogP contribution in [0.2, 0.25) is 0 Å². The Morgan fingerprint density at radius 3 is 2.83 bits per heavy atom. The number of rotatable bonds is 4. The van der Waals surface area contributed by atoms with Crippen molar-refractivity contribution in [1.29, 1.82) is 0 Å². The molecule has 1 saturated heterocycles. The van der Waals surface area contributed by atoms with Gasteiger partial charge in [0.2, 0.25) is 5.91 Å². The van der Waals surface area contributed by atoms with Gasteiger partial charge in [-0.15, -0.1) is 0 Å². The molecular weight excluding hydrogens is 290 g/mol. The highest BCUT2D eigenvalue weighted by molar-refractivity contribution is 5.81. The predicted molar refractivity (Wildman–Crippen MR) is 88.1 cm³/mol. The van der Waals surface area contributed by atoms with Crippen LogP contribution in [0.1, 0.15) is 50.5 Å². The lowest BCUT2D eigenvalue weighted by molar-refractivity contribution is -0.122. The van der Waals surface area contributed by atoms with Crippen molar-refractivity contribution in [1.82, 2.24) is 14.9 Å². The van der Waals surface area contributed by atoms with Crippen molar-refractivity contribution < 1.29 is 9.53 Å². The highest BCUT2D eigenvalue weighted by atomic mass is 16.5. The number of nitrogens with one attached hydrogen (secondary N) is 1. The molecule has 1 aromatic carbocycles. The molecule has 2 heterocycles. The second kappa shape index (κ2) is 6.32. The maximum Gasteiger partial charge on any atom is 0.240 e. The summed E-state index contributed by atoms with van der Waals surface area (Å²) in [7, 11) is 0. The summed E-state index contributed by atoms with van der Waals surface area (Å²) < 4.78 is 7.85. The molecule has 1 aromatic heterocycles. The monoisotopic (exact) mass is 313 g/mol. The molecule has 0 bridgehead atoms. The van der Waals surface area contributed by atoms with Crippen molar-refractivity contribution in [2.75, 3.05) is 6.61 Å². The lowest BCUT2D eigenvalue weighted by Crippen LogP contribution is -2.35. The number of aromatic nitrogens is 2. The minimum Gasteiger partial charge on any atom is -0.370 e. The lowest BCUT2D eigenvalue weighted by atomic mass is 10.2. The first-order valence-corrected chi connectivity index (χ1v) is 8.67. The molecule has 1 saturated carbocycles. The van der Waals surface area contributed by atoms with Gasteiger partial charge in [-0.1, -0.05) is 25.0 Å². The Bertz CT molecular complexity index is 697. The van der Waals surface area contributed by atoms with E-state index in [1.54, 1.807) is 0 Å². The topological polar surface area (TPSA) is 56.2 Å². The fourth-order valence-electron chi connectivity index (χ4n) is 3.77. The van der Waals surface area contributed by atoms with Crippen LogP contribution in [-0.4, -0.2) is 28.1 Å². The number of benzene rings is 1. The highest BCUT2D eigenvalue weighted by Gasteiger charge is 2.26. The van der Waals surface area contributed by atoms with E-state index in [-0.39, 0.29) is 12.0 Å². The third kappa shape index (κ3) is 2.98. The van der Waals surface area contributed by atoms with Gasteiger partial charge in [-0.2, -0.15) is 0 Å². The molecule has 23 heavy (non-hydrogen) atoms. The molecule has 1 aliphatic carbocycles. The summed E-state index contributed by atoms with van der Waals surface area (Å²) in [4.78, 5) is 17.2. The van der Waals surface area contributed by atoms with Gasteiger partial charge in [0.25, 0.3) is 0 Å². The second-order valence-electron chi connectivity index (χ2n) is 6.60. The highest BCUT2D eigenvalue weighted by Crippen LogP contribution is 2.30. The van der Waals surface area contributed by atoms with E-state index < -0.39 is 0 Å². The Balaban J connectivity index is 1.61. The van der Waals surface area contributed by atoms with Crippen LogP contribution in [0.4, 0.5) is 0 Å². The van der Waals surface area contributed by atoms with Gasteiger partial charge in [0.1, 0.15) is 18.5 Å². The number of hydrogen-bond acceptors (Lipinski definition) is 3. The third-order valence-electron chi connectivity index (χ3n) is 4.92. The number of carbonyl (C=O) groups excluding carboxylic acids is 1. The number of fused-ring (bicyclic) bond motifs is 1. The fraction of sp³-hybridized carbons (Fsp3) is 0.556. The SMILES string of the molecule is O=C(Cn1c(C2CCCO2)nc2ccccc21)NC1CCCC1. The van der Waals surface area contributed by atoms with Gasteiger partial charge in [-0.3, -0.25) is 4.79 Å². The van der Waals surface area contributed by atoms with Gasteiger partial charge in [0, 0.05) is 12.6 Å². The summed E-state index contributed by atoms with van der Waals surface area (Å²) in [5.74, 6) is 0.976. The van der Waals surface area contributed by atoms with Gasteiger partial charge in [0.05, 0.1) is 11.0 Å². The van der Waals surface area contributed by atoms with Crippen molar-refractivity contribution in [2.45, 2.75) is 57.2 Å². The minimum atomic E-state index is 0.0154. The van der Waals surface area contributed by atoms with Crippen LogP contribution in [0, 0.1) is 0 Å². The molecule has 2 fully saturated rings. The van der Waals surface area contributed by atoms with Gasteiger partial charge >= 0.3 is 0 Å². The molecule has 5 nitrogen and oxygen atoms in total. The number of carbonyl (C=O) groups is 1. The van der Waals surface area contributed by atoms with Crippen molar-refractivity contribution in [3.8, 4) is 0 Å². The van der Waals surface area contributed by atoms with Crippen LogP contribution < -0.4 is 5.32 Å². The summed E-state index contributed by atoms with van der Waals surface area (Å²) in [5, 5.41) is 3.17. The average Bonchev–Trinajstić information content (AvgIpc) is 3.28. The van der Waals surface area contributed by atoms with Crippen molar-refractivity contribution in [3.05, 3.63) is 30.1 Å². The Hall–Kier alpha value is -1.88. The lowest BCUT2D eigenvalue weighted by Gasteiger charge is -2.16. The van der Waals surface area contributed by atoms with E-state index in [2.05, 4.69) is 5.32 Å². The molecule has 122 valence electrons. The van der Waals surface area contributed by atoms with E-state index in [1.165, 1.54) is 12.8 Å². The van der Waals surface area contributed by atoms with Gasteiger partial charge in [0.15, 0.2) is 0 Å². The zero-order chi connectivity index (χ0) is 15.6. The molecule has 1 atom stereocenters. The van der Waals surface area contributed by atoms with E-state index in [1.807, 2.05) is 28.8 Å². The molecule has 4 rings (SSSR count). The largest absolute Gasteiger partial charge is 0.370 e. The fourth-order valence-corrected chi connectivity index (χ4v) is 3.77. The normalized spacial score (nSPS) is 22.0. The molecule has 5 heteroatoms. The van der Waals surface area contributed by atoms with Gasteiger partial charge < -0.3 is 14.6 Å². The Labute approximate surface area is 136 Å². The van der Waals surface area contributed by atoms with E-state index in [9.17, 15) is 4.79 Å². The quantitative estimate of drug-likeness (QED) is 0.944. The minimum absolute atomic E-state index is 0.0154. The molecule has 1 unspecified atom stereocenters. The van der Waals surface area contributed by atoms with Crippen molar-refractivity contribution in [3.63, 3.8) is 0 Å². The molecule has 2 aromatic rings. The van der Waals surface area contributed by atoms with Crippen LogP contribution in [0.3, 0.4) is 0 Å². The Morgan fingerprint density at radius 2 is 2.04 bits per heavy atom. The van der Waals surface area contributed by atoms with Crippen molar-refractivity contribution >= 4 is 16.9 Å².